The van der Waals surface area contributed by atoms with Gasteiger partial charge in [0.15, 0.2) is 0 Å². The van der Waals surface area contributed by atoms with E-state index < -0.39 is 10.0 Å². The number of aromatic nitrogens is 2. The summed E-state index contributed by atoms with van der Waals surface area (Å²) in [6.07, 6.45) is 2.42. The summed E-state index contributed by atoms with van der Waals surface area (Å²) in [6.45, 7) is 8.16. The van der Waals surface area contributed by atoms with Crippen molar-refractivity contribution in [1.82, 2.24) is 14.7 Å². The fourth-order valence-corrected chi connectivity index (χ4v) is 3.67. The molecule has 0 spiro atoms. The van der Waals surface area contributed by atoms with Crippen molar-refractivity contribution >= 4 is 21.6 Å². The lowest BCUT2D eigenvalue weighted by atomic mass is 10.0. The van der Waals surface area contributed by atoms with E-state index in [-0.39, 0.29) is 27.1 Å². The van der Waals surface area contributed by atoms with E-state index in [1.54, 1.807) is 0 Å². The molecule has 18 heavy (non-hydrogen) atoms. The Morgan fingerprint density at radius 2 is 1.61 bits per heavy atom. The standard InChI is InChI=1S/C11H16ClN3O2S/c1-10(2)8(11(10,3)4)15-18(16,17)7-5-13-9(12)14-6-7/h5-6,8,15H,1-4H3. The second-order valence-corrected chi connectivity index (χ2v) is 7.74. The summed E-state index contributed by atoms with van der Waals surface area (Å²) in [5.41, 5.74) is -0.124. The van der Waals surface area contributed by atoms with Gasteiger partial charge in [-0.05, 0) is 22.4 Å². The number of halogens is 1. The van der Waals surface area contributed by atoms with E-state index in [1.165, 1.54) is 12.4 Å². The monoisotopic (exact) mass is 289 g/mol. The Kier molecular flexibility index (Phi) is 2.96. The molecule has 1 heterocycles. The predicted octanol–water partition coefficient (Wildman–Crippen LogP) is 1.84. The van der Waals surface area contributed by atoms with Crippen LogP contribution in [0.1, 0.15) is 27.7 Å². The van der Waals surface area contributed by atoms with Crippen LogP contribution < -0.4 is 4.72 Å². The number of nitrogens with one attached hydrogen (secondary N) is 1. The Labute approximate surface area is 112 Å². The first-order valence-electron chi connectivity index (χ1n) is 5.59. The quantitative estimate of drug-likeness (QED) is 0.862. The van der Waals surface area contributed by atoms with E-state index in [4.69, 9.17) is 11.6 Å². The Morgan fingerprint density at radius 1 is 1.17 bits per heavy atom. The van der Waals surface area contributed by atoms with E-state index >= 15 is 0 Å². The minimum Gasteiger partial charge on any atom is -0.225 e. The van der Waals surface area contributed by atoms with Crippen molar-refractivity contribution < 1.29 is 8.42 Å². The van der Waals surface area contributed by atoms with E-state index in [0.717, 1.165) is 0 Å². The molecule has 1 aliphatic rings. The van der Waals surface area contributed by atoms with Crippen molar-refractivity contribution in [2.45, 2.75) is 38.6 Å². The fourth-order valence-electron chi connectivity index (χ4n) is 2.15. The van der Waals surface area contributed by atoms with E-state index in [2.05, 4.69) is 14.7 Å². The highest BCUT2D eigenvalue weighted by Gasteiger charge is 2.66. The molecule has 5 nitrogen and oxygen atoms in total. The summed E-state index contributed by atoms with van der Waals surface area (Å²) in [5.74, 6) is 0. The number of sulfonamides is 1. The van der Waals surface area contributed by atoms with Gasteiger partial charge in [-0.3, -0.25) is 0 Å². The van der Waals surface area contributed by atoms with Crippen LogP contribution in [0.4, 0.5) is 0 Å². The molecule has 1 N–H and O–H groups in total. The second kappa shape index (κ2) is 3.88. The average Bonchev–Trinajstić information content (AvgIpc) is 2.61. The second-order valence-electron chi connectivity index (χ2n) is 5.69. The van der Waals surface area contributed by atoms with Gasteiger partial charge < -0.3 is 0 Å². The number of hydrogen-bond donors (Lipinski definition) is 1. The van der Waals surface area contributed by atoms with E-state index in [1.807, 2.05) is 27.7 Å². The van der Waals surface area contributed by atoms with Crippen LogP contribution in [-0.4, -0.2) is 24.4 Å². The fraction of sp³-hybridized carbons (Fsp3) is 0.636. The molecule has 0 saturated heterocycles. The molecule has 0 bridgehead atoms. The number of rotatable bonds is 3. The molecule has 0 aliphatic heterocycles. The van der Waals surface area contributed by atoms with Crippen LogP contribution >= 0.6 is 11.6 Å². The molecule has 0 radical (unpaired) electrons. The maximum Gasteiger partial charge on any atom is 0.243 e. The zero-order valence-corrected chi connectivity index (χ0v) is 12.3. The van der Waals surface area contributed by atoms with Crippen LogP contribution in [-0.2, 0) is 10.0 Å². The van der Waals surface area contributed by atoms with Crippen molar-refractivity contribution in [3.63, 3.8) is 0 Å². The molecule has 0 atom stereocenters. The molecule has 0 aromatic carbocycles. The van der Waals surface area contributed by atoms with Gasteiger partial charge in [0.05, 0.1) is 12.4 Å². The van der Waals surface area contributed by atoms with Crippen molar-refractivity contribution in [3.8, 4) is 0 Å². The maximum atomic E-state index is 12.1. The molecular formula is C11H16ClN3O2S. The van der Waals surface area contributed by atoms with Crippen molar-refractivity contribution in [2.75, 3.05) is 0 Å². The van der Waals surface area contributed by atoms with Crippen LogP contribution in [0.3, 0.4) is 0 Å². The van der Waals surface area contributed by atoms with Crippen molar-refractivity contribution in [3.05, 3.63) is 17.7 Å². The van der Waals surface area contributed by atoms with Gasteiger partial charge in [-0.25, -0.2) is 23.1 Å². The summed E-state index contributed by atoms with van der Waals surface area (Å²) >= 11 is 5.53. The lowest BCUT2D eigenvalue weighted by Gasteiger charge is -2.07. The normalized spacial score (nSPS) is 21.8. The van der Waals surface area contributed by atoms with Gasteiger partial charge in [0.25, 0.3) is 0 Å². The van der Waals surface area contributed by atoms with Crippen LogP contribution in [0.5, 0.6) is 0 Å². The first kappa shape index (κ1) is 13.7. The molecule has 7 heteroatoms. The highest BCUT2D eigenvalue weighted by atomic mass is 35.5. The van der Waals surface area contributed by atoms with E-state index in [9.17, 15) is 8.42 Å². The number of nitrogens with zero attached hydrogens (tertiary/aromatic N) is 2. The zero-order valence-electron chi connectivity index (χ0n) is 10.7. The predicted molar refractivity (Wildman–Crippen MR) is 68.7 cm³/mol. The minimum absolute atomic E-state index is 0.0287. The van der Waals surface area contributed by atoms with Crippen molar-refractivity contribution in [1.29, 1.82) is 0 Å². The summed E-state index contributed by atoms with van der Waals surface area (Å²) in [7, 11) is -3.59. The molecule has 2 rings (SSSR count). The topological polar surface area (TPSA) is 72.0 Å². The Hall–Kier alpha value is -0.720. The molecule has 100 valence electrons. The third-order valence-electron chi connectivity index (χ3n) is 4.20. The molecule has 0 amide bonds. The number of hydrogen-bond acceptors (Lipinski definition) is 4. The first-order chi connectivity index (χ1) is 8.09. The lowest BCUT2D eigenvalue weighted by Crippen LogP contribution is -2.30. The molecule has 1 aromatic heterocycles. The van der Waals surface area contributed by atoms with Gasteiger partial charge in [-0.1, -0.05) is 27.7 Å². The Morgan fingerprint density at radius 3 is 2.00 bits per heavy atom. The Bertz CT molecular complexity index is 552. The van der Waals surface area contributed by atoms with Crippen LogP contribution in [0.2, 0.25) is 5.28 Å². The maximum absolute atomic E-state index is 12.1. The van der Waals surface area contributed by atoms with Gasteiger partial charge in [-0.15, -0.1) is 0 Å². The molecule has 1 fully saturated rings. The highest BCUT2D eigenvalue weighted by Crippen LogP contribution is 2.62. The summed E-state index contributed by atoms with van der Waals surface area (Å²) < 4.78 is 27.0. The third-order valence-corrected chi connectivity index (χ3v) is 5.77. The summed E-state index contributed by atoms with van der Waals surface area (Å²) in [6, 6.07) is -0.0920. The van der Waals surface area contributed by atoms with Crippen LogP contribution in [0.15, 0.2) is 17.3 Å². The van der Waals surface area contributed by atoms with Gasteiger partial charge in [0, 0.05) is 6.04 Å². The van der Waals surface area contributed by atoms with Crippen molar-refractivity contribution in [2.24, 2.45) is 10.8 Å². The van der Waals surface area contributed by atoms with Gasteiger partial charge in [-0.2, -0.15) is 0 Å². The first-order valence-corrected chi connectivity index (χ1v) is 7.45. The van der Waals surface area contributed by atoms with Gasteiger partial charge in [0.1, 0.15) is 4.90 Å². The molecular weight excluding hydrogens is 274 g/mol. The SMILES string of the molecule is CC1(C)C(NS(=O)(=O)c2cnc(Cl)nc2)C1(C)C. The van der Waals surface area contributed by atoms with Crippen LogP contribution in [0, 0.1) is 10.8 Å². The zero-order chi connectivity index (χ0) is 13.8. The Balaban J connectivity index is 2.22. The lowest BCUT2D eigenvalue weighted by molar-refractivity contribution is 0.457. The summed E-state index contributed by atoms with van der Waals surface area (Å²) in [5, 5.41) is 0.0287. The van der Waals surface area contributed by atoms with Crippen LogP contribution in [0.25, 0.3) is 0 Å². The minimum atomic E-state index is -3.59. The summed E-state index contributed by atoms with van der Waals surface area (Å²) in [4.78, 5) is 7.39. The molecule has 1 saturated carbocycles. The smallest absolute Gasteiger partial charge is 0.225 e. The van der Waals surface area contributed by atoms with E-state index in [0.29, 0.717) is 0 Å². The largest absolute Gasteiger partial charge is 0.243 e. The molecule has 0 unspecified atom stereocenters. The van der Waals surface area contributed by atoms with Gasteiger partial charge in [0.2, 0.25) is 15.3 Å². The average molecular weight is 290 g/mol. The van der Waals surface area contributed by atoms with Gasteiger partial charge >= 0.3 is 0 Å². The highest BCUT2D eigenvalue weighted by molar-refractivity contribution is 7.89. The molecule has 1 aliphatic carbocycles. The third kappa shape index (κ3) is 2.02. The molecule has 1 aromatic rings.